The number of hydrogen-bond acceptors (Lipinski definition) is 5. The van der Waals surface area contributed by atoms with E-state index >= 15 is 0 Å². The zero-order chi connectivity index (χ0) is 19.0. The van der Waals surface area contributed by atoms with Crippen molar-refractivity contribution in [2.75, 3.05) is 0 Å². The monoisotopic (exact) mass is 517 g/mol. The zero-order valence-corrected chi connectivity index (χ0v) is 17.6. The van der Waals surface area contributed by atoms with Crippen LogP contribution >= 0.6 is 55.2 Å². The number of benzene rings is 2. The first-order chi connectivity index (χ1) is 12.3. The molecular formula is C17H10Br2ClNO4S. The molecule has 2 amide bonds. The van der Waals surface area contributed by atoms with Crippen molar-refractivity contribution >= 4 is 72.4 Å². The van der Waals surface area contributed by atoms with Crippen LogP contribution in [0.1, 0.15) is 11.1 Å². The summed E-state index contributed by atoms with van der Waals surface area (Å²) < 4.78 is 0.433. The van der Waals surface area contributed by atoms with E-state index in [-0.39, 0.29) is 33.0 Å². The van der Waals surface area contributed by atoms with Crippen molar-refractivity contribution in [2.24, 2.45) is 0 Å². The van der Waals surface area contributed by atoms with Gasteiger partial charge >= 0.3 is 0 Å². The first kappa shape index (κ1) is 19.3. The lowest BCUT2D eigenvalue weighted by atomic mass is 10.1. The lowest BCUT2D eigenvalue weighted by molar-refractivity contribution is -0.123. The number of thioether (sulfide) groups is 1. The normalized spacial score (nSPS) is 16.0. The van der Waals surface area contributed by atoms with Gasteiger partial charge in [0.05, 0.1) is 15.9 Å². The van der Waals surface area contributed by atoms with E-state index in [0.717, 1.165) is 22.2 Å². The van der Waals surface area contributed by atoms with E-state index in [1.807, 2.05) is 0 Å². The Hall–Kier alpha value is -1.48. The maximum absolute atomic E-state index is 12.6. The summed E-state index contributed by atoms with van der Waals surface area (Å²) in [5.74, 6) is -0.847. The van der Waals surface area contributed by atoms with Gasteiger partial charge in [0, 0.05) is 10.6 Å². The summed E-state index contributed by atoms with van der Waals surface area (Å²) in [4.78, 5) is 26.1. The summed E-state index contributed by atoms with van der Waals surface area (Å²) in [6, 6.07) is 8.38. The Bertz CT molecular complexity index is 964. The number of nitrogens with zero attached hydrogens (tertiary/aromatic N) is 1. The van der Waals surface area contributed by atoms with Crippen LogP contribution in [-0.4, -0.2) is 26.3 Å². The quantitative estimate of drug-likeness (QED) is 0.523. The molecule has 2 N–H and O–H groups in total. The molecule has 1 aliphatic rings. The number of hydrogen-bond donors (Lipinski definition) is 2. The average molecular weight is 520 g/mol. The van der Waals surface area contributed by atoms with Crippen molar-refractivity contribution in [3.05, 3.63) is 60.3 Å². The number of amides is 2. The van der Waals surface area contributed by atoms with Crippen LogP contribution in [0.2, 0.25) is 5.02 Å². The first-order valence-electron chi connectivity index (χ1n) is 7.17. The third kappa shape index (κ3) is 3.78. The largest absolute Gasteiger partial charge is 0.506 e. The van der Waals surface area contributed by atoms with E-state index in [4.69, 9.17) is 11.6 Å². The van der Waals surface area contributed by atoms with Crippen molar-refractivity contribution in [3.63, 3.8) is 0 Å². The van der Waals surface area contributed by atoms with Gasteiger partial charge in [0.25, 0.3) is 11.1 Å². The minimum Gasteiger partial charge on any atom is -0.506 e. The molecule has 5 nitrogen and oxygen atoms in total. The number of halogens is 3. The van der Waals surface area contributed by atoms with Crippen LogP contribution in [0.25, 0.3) is 6.08 Å². The molecule has 1 saturated heterocycles. The van der Waals surface area contributed by atoms with E-state index in [9.17, 15) is 19.8 Å². The number of phenols is 2. The van der Waals surface area contributed by atoms with Crippen LogP contribution in [0.3, 0.4) is 0 Å². The highest BCUT2D eigenvalue weighted by molar-refractivity contribution is 9.11. The van der Waals surface area contributed by atoms with E-state index in [0.29, 0.717) is 9.50 Å². The van der Waals surface area contributed by atoms with Crippen LogP contribution in [-0.2, 0) is 11.3 Å². The third-order valence-electron chi connectivity index (χ3n) is 3.59. The van der Waals surface area contributed by atoms with Gasteiger partial charge in [-0.25, -0.2) is 0 Å². The Morgan fingerprint density at radius 1 is 1.15 bits per heavy atom. The molecule has 134 valence electrons. The van der Waals surface area contributed by atoms with E-state index < -0.39 is 11.1 Å². The smallest absolute Gasteiger partial charge is 0.293 e. The van der Waals surface area contributed by atoms with E-state index in [2.05, 4.69) is 31.9 Å². The van der Waals surface area contributed by atoms with Gasteiger partial charge in [0.1, 0.15) is 16.0 Å². The zero-order valence-electron chi connectivity index (χ0n) is 12.9. The second-order valence-electron chi connectivity index (χ2n) is 5.36. The molecule has 0 aliphatic carbocycles. The van der Waals surface area contributed by atoms with Gasteiger partial charge < -0.3 is 10.2 Å². The molecule has 9 heteroatoms. The molecular weight excluding hydrogens is 510 g/mol. The lowest BCUT2D eigenvalue weighted by Gasteiger charge is -2.12. The van der Waals surface area contributed by atoms with Gasteiger partial charge in [0.2, 0.25) is 0 Å². The molecule has 0 unspecified atom stereocenters. The summed E-state index contributed by atoms with van der Waals surface area (Å²) >= 11 is 13.0. The predicted molar refractivity (Wildman–Crippen MR) is 108 cm³/mol. The van der Waals surface area contributed by atoms with Crippen LogP contribution in [0.5, 0.6) is 11.5 Å². The van der Waals surface area contributed by atoms with Gasteiger partial charge in [-0.2, -0.15) is 0 Å². The van der Waals surface area contributed by atoms with Crippen LogP contribution in [0.15, 0.2) is 44.2 Å². The highest BCUT2D eigenvalue weighted by Crippen LogP contribution is 2.43. The fourth-order valence-corrected chi connectivity index (χ4v) is 4.52. The third-order valence-corrected chi connectivity index (χ3v) is 6.09. The highest BCUT2D eigenvalue weighted by Gasteiger charge is 2.35. The minimum absolute atomic E-state index is 0.0938. The molecule has 0 spiro atoms. The number of carbonyl (C=O) groups is 2. The first-order valence-corrected chi connectivity index (χ1v) is 9.95. The number of phenolic OH excluding ortho intramolecular Hbond substituents is 2. The van der Waals surface area contributed by atoms with Crippen molar-refractivity contribution in [1.29, 1.82) is 0 Å². The van der Waals surface area contributed by atoms with Gasteiger partial charge in [-0.15, -0.1) is 0 Å². The van der Waals surface area contributed by atoms with Crippen molar-refractivity contribution in [3.8, 4) is 11.5 Å². The van der Waals surface area contributed by atoms with E-state index in [1.165, 1.54) is 12.1 Å². The maximum Gasteiger partial charge on any atom is 0.293 e. The lowest BCUT2D eigenvalue weighted by Crippen LogP contribution is -2.27. The minimum atomic E-state index is -0.459. The molecule has 0 radical (unpaired) electrons. The highest BCUT2D eigenvalue weighted by atomic mass is 79.9. The molecule has 1 fully saturated rings. The maximum atomic E-state index is 12.6. The molecule has 0 bridgehead atoms. The molecule has 0 atom stereocenters. The van der Waals surface area contributed by atoms with E-state index in [1.54, 1.807) is 24.3 Å². The molecule has 1 aliphatic heterocycles. The van der Waals surface area contributed by atoms with Crippen LogP contribution in [0.4, 0.5) is 4.79 Å². The van der Waals surface area contributed by atoms with Gasteiger partial charge in [0.15, 0.2) is 0 Å². The fraction of sp³-hybridized carbons (Fsp3) is 0.0588. The Labute approximate surface area is 174 Å². The molecule has 26 heavy (non-hydrogen) atoms. The fourth-order valence-electron chi connectivity index (χ4n) is 2.32. The summed E-state index contributed by atoms with van der Waals surface area (Å²) in [6.07, 6.45) is 1.41. The number of rotatable bonds is 3. The number of imide groups is 1. The molecule has 0 aromatic heterocycles. The molecule has 2 aromatic rings. The Morgan fingerprint density at radius 3 is 2.58 bits per heavy atom. The molecule has 3 rings (SSSR count). The summed E-state index contributed by atoms with van der Waals surface area (Å²) in [5, 5.41) is 20.0. The average Bonchev–Trinajstić information content (AvgIpc) is 2.85. The molecule has 0 saturated carbocycles. The Kier molecular flexibility index (Phi) is 5.67. The topological polar surface area (TPSA) is 77.8 Å². The second-order valence-corrected chi connectivity index (χ2v) is 8.43. The predicted octanol–water partition coefficient (Wildman–Crippen LogP) is 5.51. The van der Waals surface area contributed by atoms with Crippen molar-refractivity contribution < 1.29 is 19.8 Å². The number of carbonyl (C=O) groups excluding carboxylic acids is 2. The van der Waals surface area contributed by atoms with Gasteiger partial charge in [-0.3, -0.25) is 14.5 Å². The van der Waals surface area contributed by atoms with Gasteiger partial charge in [-0.05, 0) is 73.5 Å². The number of aromatic hydroxyl groups is 2. The van der Waals surface area contributed by atoms with Crippen LogP contribution < -0.4 is 0 Å². The van der Waals surface area contributed by atoms with Crippen molar-refractivity contribution in [1.82, 2.24) is 4.90 Å². The molecule has 2 aromatic carbocycles. The Morgan fingerprint density at radius 2 is 1.88 bits per heavy atom. The summed E-state index contributed by atoms with van der Waals surface area (Å²) in [5.41, 5.74) is 1.02. The SMILES string of the molecule is O=C1S/C(=C\c2cc(Br)c(O)c(Br)c2O)C(=O)N1Cc1cccc(Cl)c1. The summed E-state index contributed by atoms with van der Waals surface area (Å²) in [6.45, 7) is 0.109. The second kappa shape index (κ2) is 7.64. The Balaban J connectivity index is 1.91. The molecule has 1 heterocycles. The van der Waals surface area contributed by atoms with Crippen molar-refractivity contribution in [2.45, 2.75) is 6.54 Å². The summed E-state index contributed by atoms with van der Waals surface area (Å²) in [7, 11) is 0. The standard InChI is InChI=1S/C17H10Br2ClNO4S/c18-11-5-9(14(22)13(19)15(11)23)6-12-16(24)21(17(25)26-12)7-8-2-1-3-10(20)4-8/h1-6,22-23H,7H2/b12-6-. The van der Waals surface area contributed by atoms with Gasteiger partial charge in [-0.1, -0.05) is 23.7 Å². The van der Waals surface area contributed by atoms with Crippen LogP contribution in [0, 0.1) is 0 Å².